The van der Waals surface area contributed by atoms with Crippen molar-refractivity contribution in [2.45, 2.75) is 20.3 Å². The molecule has 3 nitrogen and oxygen atoms in total. The van der Waals surface area contributed by atoms with Crippen LogP contribution in [-0.4, -0.2) is 16.2 Å². The number of aromatic nitrogens is 2. The van der Waals surface area contributed by atoms with Gasteiger partial charge < -0.3 is 4.18 Å². The van der Waals surface area contributed by atoms with Crippen LogP contribution in [0.15, 0.2) is 17.7 Å². The van der Waals surface area contributed by atoms with Gasteiger partial charge in [-0.3, -0.25) is 0 Å². The number of allylic oxidation sites excluding steroid dienone is 2. The lowest BCUT2D eigenvalue weighted by atomic mass is 10.1. The predicted molar refractivity (Wildman–Crippen MR) is 67.0 cm³/mol. The van der Waals surface area contributed by atoms with Gasteiger partial charge in [0.2, 0.25) is 0 Å². The number of hydrogen-bond acceptors (Lipinski definition) is 4. The van der Waals surface area contributed by atoms with E-state index in [0.29, 0.717) is 12.2 Å². The molecule has 0 radical (unpaired) electrons. The molecule has 0 aromatic carbocycles. The van der Waals surface area contributed by atoms with Crippen LogP contribution in [-0.2, 0) is 10.6 Å². The van der Waals surface area contributed by atoms with Crippen molar-refractivity contribution in [1.82, 2.24) is 9.97 Å². The average molecular weight is 252 g/mol. The third-order valence-electron chi connectivity index (χ3n) is 2.49. The molecule has 0 saturated heterocycles. The van der Waals surface area contributed by atoms with Gasteiger partial charge in [-0.05, 0) is 26.0 Å². The zero-order valence-corrected chi connectivity index (χ0v) is 10.8. The standard InChI is InChI=1S/C12H13FN2OS/c1-7-9-6-10(13)12(16-17-3)5-4-11(9)15-8(2)14-7/h5-6H,4H2,1-3H3. The number of hydrogen-bond donors (Lipinski definition) is 0. The van der Waals surface area contributed by atoms with E-state index in [9.17, 15) is 4.39 Å². The van der Waals surface area contributed by atoms with Crippen molar-refractivity contribution in [2.24, 2.45) is 0 Å². The molecule has 0 bridgehead atoms. The minimum absolute atomic E-state index is 0.257. The van der Waals surface area contributed by atoms with E-state index in [0.717, 1.165) is 29.0 Å². The van der Waals surface area contributed by atoms with Crippen LogP contribution in [0, 0.1) is 13.8 Å². The van der Waals surface area contributed by atoms with Crippen LogP contribution >= 0.6 is 12.0 Å². The third-order valence-corrected chi connectivity index (χ3v) is 2.83. The first kappa shape index (κ1) is 12.1. The minimum atomic E-state index is -0.381. The first-order valence-corrected chi connectivity index (χ1v) is 6.39. The van der Waals surface area contributed by atoms with Crippen LogP contribution in [0.25, 0.3) is 6.08 Å². The fourth-order valence-electron chi connectivity index (χ4n) is 1.78. The van der Waals surface area contributed by atoms with Gasteiger partial charge in [0.1, 0.15) is 5.82 Å². The fraction of sp³-hybridized carbons (Fsp3) is 0.333. The van der Waals surface area contributed by atoms with Crippen LogP contribution in [0.3, 0.4) is 0 Å². The average Bonchev–Trinajstić information content (AvgIpc) is 2.41. The van der Waals surface area contributed by atoms with Crippen LogP contribution in [0.4, 0.5) is 4.39 Å². The molecule has 0 atom stereocenters. The molecule has 5 heteroatoms. The fourth-order valence-corrected chi connectivity index (χ4v) is 2.11. The lowest BCUT2D eigenvalue weighted by Crippen LogP contribution is -2.01. The second-order valence-corrected chi connectivity index (χ2v) is 4.23. The summed E-state index contributed by atoms with van der Waals surface area (Å²) in [6, 6.07) is 0. The van der Waals surface area contributed by atoms with Gasteiger partial charge >= 0.3 is 0 Å². The highest BCUT2D eigenvalue weighted by atomic mass is 32.2. The Balaban J connectivity index is 2.49. The largest absolute Gasteiger partial charge is 0.423 e. The number of fused-ring (bicyclic) bond motifs is 1. The van der Waals surface area contributed by atoms with Crippen LogP contribution in [0.5, 0.6) is 0 Å². The van der Waals surface area contributed by atoms with Crippen LogP contribution in [0.1, 0.15) is 22.8 Å². The molecule has 2 rings (SSSR count). The van der Waals surface area contributed by atoms with E-state index >= 15 is 0 Å². The Labute approximate surface area is 104 Å². The smallest absolute Gasteiger partial charge is 0.169 e. The summed E-state index contributed by atoms with van der Waals surface area (Å²) in [5.74, 6) is 0.582. The minimum Gasteiger partial charge on any atom is -0.423 e. The van der Waals surface area contributed by atoms with Crippen molar-refractivity contribution in [3.05, 3.63) is 40.4 Å². The highest BCUT2D eigenvalue weighted by molar-refractivity contribution is 7.94. The van der Waals surface area contributed by atoms with Gasteiger partial charge in [-0.2, -0.15) is 0 Å². The van der Waals surface area contributed by atoms with Gasteiger partial charge in [0, 0.05) is 23.9 Å². The second kappa shape index (κ2) is 4.87. The Morgan fingerprint density at radius 1 is 1.35 bits per heavy atom. The van der Waals surface area contributed by atoms with E-state index in [4.69, 9.17) is 4.18 Å². The highest BCUT2D eigenvalue weighted by Crippen LogP contribution is 2.27. The van der Waals surface area contributed by atoms with Gasteiger partial charge in [-0.25, -0.2) is 14.4 Å². The second-order valence-electron chi connectivity index (χ2n) is 3.73. The Morgan fingerprint density at radius 3 is 2.82 bits per heavy atom. The quantitative estimate of drug-likeness (QED) is 0.757. The molecule has 1 aliphatic rings. The van der Waals surface area contributed by atoms with Gasteiger partial charge in [0.25, 0.3) is 0 Å². The molecule has 1 aliphatic carbocycles. The molecule has 1 aromatic rings. The summed E-state index contributed by atoms with van der Waals surface area (Å²) >= 11 is 1.12. The van der Waals surface area contributed by atoms with E-state index in [1.165, 1.54) is 6.08 Å². The maximum absolute atomic E-state index is 13.9. The van der Waals surface area contributed by atoms with E-state index in [1.54, 1.807) is 12.3 Å². The Hall–Kier alpha value is -1.36. The van der Waals surface area contributed by atoms with Gasteiger partial charge in [0.05, 0.1) is 17.7 Å². The van der Waals surface area contributed by atoms with Crippen molar-refractivity contribution < 1.29 is 8.57 Å². The predicted octanol–water partition coefficient (Wildman–Crippen LogP) is 3.14. The molecular weight excluding hydrogens is 239 g/mol. The molecule has 0 N–H and O–H groups in total. The number of nitrogens with zero attached hydrogens (tertiary/aromatic N) is 2. The third kappa shape index (κ3) is 2.49. The molecule has 0 spiro atoms. The van der Waals surface area contributed by atoms with Gasteiger partial charge in [0.15, 0.2) is 11.6 Å². The van der Waals surface area contributed by atoms with Crippen LogP contribution < -0.4 is 0 Å². The highest BCUT2D eigenvalue weighted by Gasteiger charge is 2.16. The topological polar surface area (TPSA) is 35.0 Å². The summed E-state index contributed by atoms with van der Waals surface area (Å²) in [5.41, 5.74) is 2.38. The summed E-state index contributed by atoms with van der Waals surface area (Å²) in [6.07, 6.45) is 5.46. The maximum Gasteiger partial charge on any atom is 0.169 e. The van der Waals surface area contributed by atoms with E-state index < -0.39 is 0 Å². The normalized spacial score (nSPS) is 14.6. The van der Waals surface area contributed by atoms with Gasteiger partial charge in [-0.1, -0.05) is 0 Å². The monoisotopic (exact) mass is 252 g/mol. The van der Waals surface area contributed by atoms with Crippen molar-refractivity contribution in [1.29, 1.82) is 0 Å². The van der Waals surface area contributed by atoms with E-state index in [2.05, 4.69) is 9.97 Å². The summed E-state index contributed by atoms with van der Waals surface area (Å²) in [5, 5.41) is 0. The molecule has 0 saturated carbocycles. The molecule has 0 fully saturated rings. The number of aryl methyl sites for hydroxylation is 2. The number of halogens is 1. The van der Waals surface area contributed by atoms with Crippen molar-refractivity contribution >= 4 is 18.1 Å². The first-order valence-electron chi connectivity index (χ1n) is 5.24. The summed E-state index contributed by atoms with van der Waals surface area (Å²) in [6.45, 7) is 3.69. The molecule has 90 valence electrons. The van der Waals surface area contributed by atoms with Gasteiger partial charge in [-0.15, -0.1) is 0 Å². The molecule has 0 unspecified atom stereocenters. The Kier molecular flexibility index (Phi) is 3.47. The summed E-state index contributed by atoms with van der Waals surface area (Å²) in [4.78, 5) is 8.58. The summed E-state index contributed by atoms with van der Waals surface area (Å²) < 4.78 is 19.0. The van der Waals surface area contributed by atoms with Crippen molar-refractivity contribution in [3.63, 3.8) is 0 Å². The van der Waals surface area contributed by atoms with Crippen molar-refractivity contribution in [3.8, 4) is 0 Å². The molecule has 1 aromatic heterocycles. The lowest BCUT2D eigenvalue weighted by molar-refractivity contribution is 0.463. The molecule has 17 heavy (non-hydrogen) atoms. The lowest BCUT2D eigenvalue weighted by Gasteiger charge is -2.05. The van der Waals surface area contributed by atoms with E-state index in [1.807, 2.05) is 13.8 Å². The molecular formula is C12H13FN2OS. The Morgan fingerprint density at radius 2 is 2.12 bits per heavy atom. The van der Waals surface area contributed by atoms with Crippen molar-refractivity contribution in [2.75, 3.05) is 6.26 Å². The summed E-state index contributed by atoms with van der Waals surface area (Å²) in [7, 11) is 0. The maximum atomic E-state index is 13.9. The molecule has 1 heterocycles. The SMILES string of the molecule is CSOC1=CCc2nc(C)nc(C)c2C=C1F. The first-order chi connectivity index (χ1) is 8.11. The van der Waals surface area contributed by atoms with E-state index in [-0.39, 0.29) is 11.6 Å². The molecule has 0 aliphatic heterocycles. The number of rotatable bonds is 2. The van der Waals surface area contributed by atoms with Crippen LogP contribution in [0.2, 0.25) is 0 Å². The zero-order chi connectivity index (χ0) is 12.4. The Bertz CT molecular complexity index is 511. The molecule has 0 amide bonds. The zero-order valence-electron chi connectivity index (χ0n) is 9.95.